The number of nitrogens with zero attached hydrogens (tertiary/aromatic N) is 3. The number of aliphatic hydroxyl groups is 2. The van der Waals surface area contributed by atoms with Gasteiger partial charge < -0.3 is 29.9 Å². The van der Waals surface area contributed by atoms with Crippen molar-refractivity contribution in [2.45, 2.75) is 76.2 Å². The molecule has 0 radical (unpaired) electrons. The van der Waals surface area contributed by atoms with Gasteiger partial charge in [-0.05, 0) is 72.9 Å². The number of carboxylic acid groups (broad SMARTS) is 1. The smallest absolute Gasteiger partial charge is 0.323 e. The highest BCUT2D eigenvalue weighted by Gasteiger charge is 2.34. The SMILES string of the molecule is CC(CO)N1CCc2c(nc(C(=O)Nc3cccc(-c4cccc5c4CCC5Oc4cc(C5CC5)c(CNC(CO)C(=O)O)c(F)c4Cl)c3Cl)n2C)C1. The number of aromatic nitrogens is 2. The van der Waals surface area contributed by atoms with Gasteiger partial charge in [0, 0.05) is 56.0 Å². The number of fused-ring (bicyclic) bond motifs is 2. The van der Waals surface area contributed by atoms with Crippen LogP contribution in [0.5, 0.6) is 5.75 Å². The zero-order chi connectivity index (χ0) is 37.6. The fourth-order valence-electron chi connectivity index (χ4n) is 7.54. The number of benzene rings is 3. The molecule has 2 aliphatic carbocycles. The van der Waals surface area contributed by atoms with E-state index < -0.39 is 30.5 Å². The van der Waals surface area contributed by atoms with Gasteiger partial charge >= 0.3 is 5.97 Å². The van der Waals surface area contributed by atoms with Crippen LogP contribution in [0.4, 0.5) is 10.1 Å². The first-order chi connectivity index (χ1) is 25.5. The van der Waals surface area contributed by atoms with Crippen molar-refractivity contribution in [1.29, 1.82) is 0 Å². The number of carbonyl (C=O) groups excluding carboxylic acids is 1. The molecule has 3 aromatic carbocycles. The summed E-state index contributed by atoms with van der Waals surface area (Å²) in [6.45, 7) is 2.62. The zero-order valence-electron chi connectivity index (χ0n) is 29.5. The van der Waals surface area contributed by atoms with E-state index >= 15 is 4.39 Å². The molecule has 1 fully saturated rings. The molecule has 3 unspecified atom stereocenters. The molecule has 1 aliphatic heterocycles. The van der Waals surface area contributed by atoms with E-state index in [1.54, 1.807) is 12.1 Å². The van der Waals surface area contributed by atoms with Crippen LogP contribution in [0.25, 0.3) is 11.1 Å². The Kier molecular flexibility index (Phi) is 10.8. The van der Waals surface area contributed by atoms with E-state index in [0.29, 0.717) is 30.1 Å². The molecule has 0 bridgehead atoms. The maximum Gasteiger partial charge on any atom is 0.323 e. The Hall–Kier alpha value is -4.04. The Morgan fingerprint density at radius 1 is 1.04 bits per heavy atom. The molecule has 53 heavy (non-hydrogen) atoms. The summed E-state index contributed by atoms with van der Waals surface area (Å²) in [6, 6.07) is 11.9. The van der Waals surface area contributed by atoms with E-state index in [0.717, 1.165) is 65.0 Å². The monoisotopic (exact) mass is 765 g/mol. The fourth-order valence-corrected chi connectivity index (χ4v) is 8.03. The summed E-state index contributed by atoms with van der Waals surface area (Å²) in [5.74, 6) is -1.64. The summed E-state index contributed by atoms with van der Waals surface area (Å²) < 4.78 is 24.1. The molecule has 280 valence electrons. The highest BCUT2D eigenvalue weighted by atomic mass is 35.5. The standard InChI is InChI=1S/C39H42Cl2FN5O6/c1-20(18-48)47-14-13-31-29(17-47)44-37(46(31)2)38(50)45-28-8-4-7-25(34(28)40)22-5-3-6-24-23(22)11-12-32(24)53-33-15-26(21-9-10-21)27(36(42)35(33)41)16-43-30(19-49)39(51)52/h3-8,15,20-21,30,32,43,48-49H,9-14,16-19H2,1-2H3,(H,45,50)(H,51,52). The molecule has 2 heterocycles. The van der Waals surface area contributed by atoms with Gasteiger partial charge in [-0.2, -0.15) is 0 Å². The van der Waals surface area contributed by atoms with Gasteiger partial charge in [0.25, 0.3) is 5.91 Å². The maximum atomic E-state index is 15.8. The first kappa shape index (κ1) is 37.3. The minimum atomic E-state index is -1.23. The molecule has 3 atom stereocenters. The highest BCUT2D eigenvalue weighted by molar-refractivity contribution is 6.36. The number of amides is 1. The number of imidazole rings is 1. The second kappa shape index (κ2) is 15.4. The average Bonchev–Trinajstić information content (AvgIpc) is 3.84. The van der Waals surface area contributed by atoms with E-state index in [1.807, 2.05) is 48.9 Å². The molecule has 0 saturated heterocycles. The summed E-state index contributed by atoms with van der Waals surface area (Å²) in [7, 11) is 1.84. The van der Waals surface area contributed by atoms with Gasteiger partial charge in [-0.3, -0.25) is 19.8 Å². The number of carboxylic acids is 1. The van der Waals surface area contributed by atoms with Crippen molar-refractivity contribution in [1.82, 2.24) is 19.8 Å². The molecule has 4 aromatic rings. The van der Waals surface area contributed by atoms with Crippen molar-refractivity contribution in [3.8, 4) is 16.9 Å². The topological polar surface area (TPSA) is 149 Å². The number of halogens is 3. The Balaban J connectivity index is 1.11. The van der Waals surface area contributed by atoms with Gasteiger partial charge in [0.15, 0.2) is 5.82 Å². The van der Waals surface area contributed by atoms with Crippen molar-refractivity contribution in [3.63, 3.8) is 0 Å². The first-order valence-corrected chi connectivity index (χ1v) is 18.6. The molecule has 0 spiro atoms. The third-order valence-electron chi connectivity index (χ3n) is 10.7. The largest absolute Gasteiger partial charge is 0.484 e. The van der Waals surface area contributed by atoms with Crippen molar-refractivity contribution < 1.29 is 34.0 Å². The van der Waals surface area contributed by atoms with Crippen LogP contribution in [0.15, 0.2) is 42.5 Å². The second-order valence-electron chi connectivity index (χ2n) is 14.1. The van der Waals surface area contributed by atoms with E-state index in [1.165, 1.54) is 0 Å². The Morgan fingerprint density at radius 3 is 2.51 bits per heavy atom. The summed E-state index contributed by atoms with van der Waals surface area (Å²) in [5, 5.41) is 34.2. The summed E-state index contributed by atoms with van der Waals surface area (Å²) in [4.78, 5) is 31.8. The maximum absolute atomic E-state index is 15.8. The molecule has 3 aliphatic rings. The van der Waals surface area contributed by atoms with Crippen LogP contribution in [-0.2, 0) is 37.8 Å². The number of ether oxygens (including phenoxy) is 1. The fraction of sp³-hybridized carbons (Fsp3) is 0.410. The number of aliphatic hydroxyl groups excluding tert-OH is 2. The number of nitrogens with one attached hydrogen (secondary N) is 2. The third-order valence-corrected chi connectivity index (χ3v) is 11.5. The molecule has 1 amide bonds. The molecular formula is C39H42Cl2FN5O6. The lowest BCUT2D eigenvalue weighted by Crippen LogP contribution is -2.39. The zero-order valence-corrected chi connectivity index (χ0v) is 31.0. The highest BCUT2D eigenvalue weighted by Crippen LogP contribution is 2.48. The molecular weight excluding hydrogens is 724 g/mol. The predicted molar refractivity (Wildman–Crippen MR) is 199 cm³/mol. The molecule has 7 rings (SSSR count). The van der Waals surface area contributed by atoms with Crippen LogP contribution in [0.2, 0.25) is 10.0 Å². The van der Waals surface area contributed by atoms with E-state index in [-0.39, 0.29) is 53.2 Å². The number of anilines is 1. The van der Waals surface area contributed by atoms with Gasteiger partial charge in [-0.15, -0.1) is 0 Å². The lowest BCUT2D eigenvalue weighted by atomic mass is 9.96. The van der Waals surface area contributed by atoms with Crippen molar-refractivity contribution in [3.05, 3.63) is 97.8 Å². The second-order valence-corrected chi connectivity index (χ2v) is 14.8. The summed E-state index contributed by atoms with van der Waals surface area (Å²) in [5.41, 5.74) is 6.88. The molecule has 1 aromatic heterocycles. The number of rotatable bonds is 13. The predicted octanol–water partition coefficient (Wildman–Crippen LogP) is 6.00. The average molecular weight is 767 g/mol. The van der Waals surface area contributed by atoms with E-state index in [4.69, 9.17) is 27.9 Å². The molecule has 1 saturated carbocycles. The van der Waals surface area contributed by atoms with Crippen LogP contribution in [0.1, 0.15) is 82.5 Å². The molecule has 5 N–H and O–H groups in total. The Bertz CT molecular complexity index is 2070. The van der Waals surface area contributed by atoms with E-state index in [2.05, 4.69) is 20.5 Å². The lowest BCUT2D eigenvalue weighted by Gasteiger charge is -2.30. The van der Waals surface area contributed by atoms with Crippen molar-refractivity contribution in [2.24, 2.45) is 7.05 Å². The van der Waals surface area contributed by atoms with Gasteiger partial charge in [0.1, 0.15) is 28.7 Å². The molecule has 11 nitrogen and oxygen atoms in total. The van der Waals surface area contributed by atoms with Crippen LogP contribution >= 0.6 is 23.2 Å². The minimum Gasteiger partial charge on any atom is -0.484 e. The minimum absolute atomic E-state index is 0.000560. The van der Waals surface area contributed by atoms with Gasteiger partial charge in [-0.25, -0.2) is 9.37 Å². The third kappa shape index (κ3) is 7.28. The van der Waals surface area contributed by atoms with Crippen LogP contribution in [-0.4, -0.2) is 73.5 Å². The van der Waals surface area contributed by atoms with Gasteiger partial charge in [-0.1, -0.05) is 53.5 Å². The number of aliphatic carboxylic acids is 1. The van der Waals surface area contributed by atoms with Crippen molar-refractivity contribution >= 4 is 40.8 Å². The van der Waals surface area contributed by atoms with Crippen molar-refractivity contribution in [2.75, 3.05) is 25.1 Å². The lowest BCUT2D eigenvalue weighted by molar-refractivity contribution is -0.140. The Morgan fingerprint density at radius 2 is 1.79 bits per heavy atom. The number of hydrogen-bond acceptors (Lipinski definition) is 8. The van der Waals surface area contributed by atoms with Crippen LogP contribution in [0, 0.1) is 5.82 Å². The quantitative estimate of drug-likeness (QED) is 0.111. The van der Waals surface area contributed by atoms with Gasteiger partial charge in [0.2, 0.25) is 0 Å². The first-order valence-electron chi connectivity index (χ1n) is 17.9. The molecule has 14 heteroatoms. The number of hydrogen-bond donors (Lipinski definition) is 5. The van der Waals surface area contributed by atoms with Gasteiger partial charge in [0.05, 0.1) is 29.6 Å². The number of carbonyl (C=O) groups is 2. The Labute approximate surface area is 316 Å². The normalized spacial score (nSPS) is 18.0. The van der Waals surface area contributed by atoms with Crippen LogP contribution in [0.3, 0.4) is 0 Å². The summed E-state index contributed by atoms with van der Waals surface area (Å²) >= 11 is 13.6. The van der Waals surface area contributed by atoms with Crippen LogP contribution < -0.4 is 15.4 Å². The summed E-state index contributed by atoms with van der Waals surface area (Å²) in [6.07, 6.45) is 3.36. The van der Waals surface area contributed by atoms with E-state index in [9.17, 15) is 24.9 Å².